The van der Waals surface area contributed by atoms with Crippen molar-refractivity contribution in [2.75, 3.05) is 25.9 Å². The van der Waals surface area contributed by atoms with Crippen LogP contribution in [0.1, 0.15) is 13.8 Å². The highest BCUT2D eigenvalue weighted by Gasteiger charge is 2.21. The van der Waals surface area contributed by atoms with Gasteiger partial charge in [0.1, 0.15) is 4.90 Å². The van der Waals surface area contributed by atoms with Gasteiger partial charge in [-0.1, -0.05) is 0 Å². The van der Waals surface area contributed by atoms with Crippen LogP contribution in [0.15, 0.2) is 26.0 Å². The van der Waals surface area contributed by atoms with E-state index in [1.165, 1.54) is 0 Å². The van der Waals surface area contributed by atoms with Crippen molar-refractivity contribution < 1.29 is 8.42 Å². The lowest BCUT2D eigenvalue weighted by Crippen LogP contribution is -2.36. The molecule has 0 fully saturated rings. The van der Waals surface area contributed by atoms with E-state index >= 15 is 0 Å². The van der Waals surface area contributed by atoms with Crippen LogP contribution in [-0.2, 0) is 10.0 Å². The highest BCUT2D eigenvalue weighted by atomic mass is 79.9. The van der Waals surface area contributed by atoms with Gasteiger partial charge >= 0.3 is 0 Å². The highest BCUT2D eigenvalue weighted by Crippen LogP contribution is 2.32. The second-order valence-corrected chi connectivity index (χ2v) is 8.20. The molecular weight excluding hydrogens is 410 g/mol. The lowest BCUT2D eigenvalue weighted by Gasteiger charge is -2.21. The second-order valence-electron chi connectivity index (χ2n) is 4.79. The fourth-order valence-corrected chi connectivity index (χ4v) is 5.16. The Morgan fingerprint density at radius 1 is 1.30 bits per heavy atom. The predicted molar refractivity (Wildman–Crippen MR) is 89.2 cm³/mol. The van der Waals surface area contributed by atoms with Crippen molar-refractivity contribution in [1.29, 1.82) is 0 Å². The Labute approximate surface area is 137 Å². The van der Waals surface area contributed by atoms with E-state index in [1.54, 1.807) is 12.1 Å². The van der Waals surface area contributed by atoms with Crippen molar-refractivity contribution in [2.24, 2.45) is 0 Å². The number of likely N-dealkylation sites (N-methyl/N-ethyl adjacent to an activating group) is 1. The molecule has 5 nitrogen and oxygen atoms in total. The SMILES string of the molecule is CC(C)N(C)CCNS(=O)(=O)c1c(Br)cc(N)cc1Br. The van der Waals surface area contributed by atoms with Gasteiger partial charge in [-0.05, 0) is 64.9 Å². The second kappa shape index (κ2) is 7.22. The standard InChI is InChI=1S/C12H19Br2N3O2S/c1-8(2)17(3)5-4-16-20(18,19)12-10(13)6-9(15)7-11(12)14/h6-8,16H,4-5,15H2,1-3H3. The first-order valence-corrected chi connectivity index (χ1v) is 9.16. The van der Waals surface area contributed by atoms with Crippen LogP contribution in [-0.4, -0.2) is 39.5 Å². The van der Waals surface area contributed by atoms with Crippen molar-refractivity contribution in [3.63, 3.8) is 0 Å². The number of sulfonamides is 1. The lowest BCUT2D eigenvalue weighted by molar-refractivity contribution is 0.278. The Balaban J connectivity index is 2.85. The third-order valence-electron chi connectivity index (χ3n) is 2.93. The Kier molecular flexibility index (Phi) is 6.46. The number of rotatable bonds is 6. The third-order valence-corrected chi connectivity index (χ3v) is 6.26. The molecule has 1 aromatic rings. The molecule has 0 saturated heterocycles. The van der Waals surface area contributed by atoms with Gasteiger partial charge in [0.2, 0.25) is 10.0 Å². The molecule has 0 aliphatic rings. The molecule has 8 heteroatoms. The van der Waals surface area contributed by atoms with Gasteiger partial charge < -0.3 is 10.6 Å². The Hall–Kier alpha value is -0.150. The molecule has 3 N–H and O–H groups in total. The topological polar surface area (TPSA) is 75.4 Å². The summed E-state index contributed by atoms with van der Waals surface area (Å²) in [4.78, 5) is 2.23. The molecule has 0 aromatic heterocycles. The summed E-state index contributed by atoms with van der Waals surface area (Å²) >= 11 is 6.48. The summed E-state index contributed by atoms with van der Waals surface area (Å²) in [5.74, 6) is 0. The summed E-state index contributed by atoms with van der Waals surface area (Å²) < 4.78 is 28.1. The van der Waals surface area contributed by atoms with Gasteiger partial charge in [-0.15, -0.1) is 0 Å². The summed E-state index contributed by atoms with van der Waals surface area (Å²) in [5, 5.41) is 0. The van der Waals surface area contributed by atoms with E-state index < -0.39 is 10.0 Å². The minimum Gasteiger partial charge on any atom is -0.399 e. The molecule has 0 radical (unpaired) electrons. The van der Waals surface area contributed by atoms with E-state index in [4.69, 9.17) is 5.73 Å². The van der Waals surface area contributed by atoms with Gasteiger partial charge in [0.05, 0.1) is 0 Å². The molecule has 0 spiro atoms. The number of benzene rings is 1. The van der Waals surface area contributed by atoms with Crippen molar-refractivity contribution >= 4 is 47.6 Å². The molecule has 0 saturated carbocycles. The van der Waals surface area contributed by atoms with E-state index in [0.717, 1.165) is 0 Å². The summed E-state index contributed by atoms with van der Waals surface area (Å²) in [6.07, 6.45) is 0. The number of nitrogens with two attached hydrogens (primary N) is 1. The minimum absolute atomic E-state index is 0.166. The average molecular weight is 429 g/mol. The largest absolute Gasteiger partial charge is 0.399 e. The smallest absolute Gasteiger partial charge is 0.242 e. The number of halogens is 2. The first-order chi connectivity index (χ1) is 9.15. The third kappa shape index (κ3) is 4.70. The van der Waals surface area contributed by atoms with E-state index in [-0.39, 0.29) is 4.90 Å². The maximum atomic E-state index is 12.3. The fourth-order valence-electron chi connectivity index (χ4n) is 1.52. The molecule has 20 heavy (non-hydrogen) atoms. The lowest BCUT2D eigenvalue weighted by atomic mass is 10.3. The van der Waals surface area contributed by atoms with Crippen LogP contribution >= 0.6 is 31.9 Å². The van der Waals surface area contributed by atoms with Gasteiger partial charge in [-0.3, -0.25) is 0 Å². The van der Waals surface area contributed by atoms with Gasteiger partial charge in [0.15, 0.2) is 0 Å². The Bertz CT molecular complexity index is 553. The summed E-state index contributed by atoms with van der Waals surface area (Å²) in [7, 11) is -1.63. The summed E-state index contributed by atoms with van der Waals surface area (Å²) in [6.45, 7) is 5.10. The number of hydrogen-bond donors (Lipinski definition) is 2. The molecule has 0 atom stereocenters. The van der Waals surface area contributed by atoms with Crippen molar-refractivity contribution in [1.82, 2.24) is 9.62 Å². The molecule has 0 unspecified atom stereocenters. The van der Waals surface area contributed by atoms with Crippen LogP contribution in [0.3, 0.4) is 0 Å². The zero-order valence-electron chi connectivity index (χ0n) is 11.7. The van der Waals surface area contributed by atoms with Gasteiger partial charge in [0, 0.05) is 33.8 Å². The van der Waals surface area contributed by atoms with Crippen LogP contribution in [0, 0.1) is 0 Å². The molecule has 0 aliphatic heterocycles. The van der Waals surface area contributed by atoms with Crippen molar-refractivity contribution in [2.45, 2.75) is 24.8 Å². The van der Waals surface area contributed by atoms with E-state index in [9.17, 15) is 8.42 Å². The normalized spacial score (nSPS) is 12.3. The Morgan fingerprint density at radius 2 is 1.80 bits per heavy atom. The van der Waals surface area contributed by atoms with E-state index in [0.29, 0.717) is 33.8 Å². The van der Waals surface area contributed by atoms with Gasteiger partial charge in [-0.25, -0.2) is 13.1 Å². The quantitative estimate of drug-likeness (QED) is 0.682. The Morgan fingerprint density at radius 3 is 2.25 bits per heavy atom. The molecule has 1 rings (SSSR count). The van der Waals surface area contributed by atoms with Gasteiger partial charge in [0.25, 0.3) is 0 Å². The number of anilines is 1. The molecule has 1 aromatic carbocycles. The van der Waals surface area contributed by atoms with Crippen LogP contribution in [0.4, 0.5) is 5.69 Å². The monoisotopic (exact) mass is 427 g/mol. The number of nitrogens with zero attached hydrogens (tertiary/aromatic N) is 1. The maximum absolute atomic E-state index is 12.3. The molecule has 0 aliphatic carbocycles. The van der Waals surface area contributed by atoms with E-state index in [2.05, 4.69) is 55.3 Å². The first-order valence-electron chi connectivity index (χ1n) is 6.09. The number of hydrogen-bond acceptors (Lipinski definition) is 4. The molecule has 0 bridgehead atoms. The van der Waals surface area contributed by atoms with Gasteiger partial charge in [-0.2, -0.15) is 0 Å². The maximum Gasteiger partial charge on any atom is 0.242 e. The highest BCUT2D eigenvalue weighted by molar-refractivity contribution is 9.11. The van der Waals surface area contributed by atoms with Crippen LogP contribution in [0.5, 0.6) is 0 Å². The molecular formula is C12H19Br2N3O2S. The van der Waals surface area contributed by atoms with Crippen molar-refractivity contribution in [3.05, 3.63) is 21.1 Å². The zero-order chi connectivity index (χ0) is 15.5. The average Bonchev–Trinajstić information content (AvgIpc) is 2.26. The first kappa shape index (κ1) is 17.9. The predicted octanol–water partition coefficient (Wildman–Crippen LogP) is 2.41. The van der Waals surface area contributed by atoms with E-state index in [1.807, 2.05) is 7.05 Å². The molecule has 114 valence electrons. The van der Waals surface area contributed by atoms with Crippen LogP contribution in [0.2, 0.25) is 0 Å². The number of nitrogen functional groups attached to an aromatic ring is 1. The molecule has 0 amide bonds. The molecule has 0 heterocycles. The van der Waals surface area contributed by atoms with Crippen LogP contribution in [0.25, 0.3) is 0 Å². The minimum atomic E-state index is -3.59. The zero-order valence-corrected chi connectivity index (χ0v) is 15.6. The summed E-state index contributed by atoms with van der Waals surface area (Å²) in [6, 6.07) is 3.51. The number of nitrogens with one attached hydrogen (secondary N) is 1. The van der Waals surface area contributed by atoms with Crippen LogP contribution < -0.4 is 10.5 Å². The fraction of sp³-hybridized carbons (Fsp3) is 0.500. The van der Waals surface area contributed by atoms with Crippen molar-refractivity contribution in [3.8, 4) is 0 Å². The summed E-state index contributed by atoms with van der Waals surface area (Å²) in [5.41, 5.74) is 6.15.